The molecular weight excluding hydrogens is 186 g/mol. The Hall–Kier alpha value is -0.970. The number of nitrogens with one attached hydrogen (secondary N) is 1. The summed E-state index contributed by atoms with van der Waals surface area (Å²) in [5.41, 5.74) is -0.772. The summed E-state index contributed by atoms with van der Waals surface area (Å²) in [5.74, 6) is -1.13. The van der Waals surface area contributed by atoms with Gasteiger partial charge in [-0.25, -0.2) is 4.79 Å². The predicted octanol–water partition coefficient (Wildman–Crippen LogP) is 0.771. The van der Waals surface area contributed by atoms with Crippen molar-refractivity contribution in [3.8, 4) is 0 Å². The molecule has 0 aliphatic rings. The van der Waals surface area contributed by atoms with E-state index >= 15 is 0 Å². The quantitative estimate of drug-likeness (QED) is 0.653. The fourth-order valence-electron chi connectivity index (χ4n) is 0.420. The van der Waals surface area contributed by atoms with Gasteiger partial charge in [0.1, 0.15) is 6.04 Å². The van der Waals surface area contributed by atoms with Crippen LogP contribution in [0.25, 0.3) is 0 Å². The minimum atomic E-state index is -1.13. The molecule has 12 heavy (non-hydrogen) atoms. The molecule has 0 aliphatic carbocycles. The Balaban J connectivity index is 3.77. The van der Waals surface area contributed by atoms with Crippen LogP contribution in [0.15, 0.2) is 0 Å². The van der Waals surface area contributed by atoms with E-state index in [2.05, 4.69) is 10.1 Å². The van der Waals surface area contributed by atoms with Gasteiger partial charge in [-0.15, -0.1) is 0 Å². The summed E-state index contributed by atoms with van der Waals surface area (Å²) < 4.78 is 4.42. The van der Waals surface area contributed by atoms with Crippen LogP contribution in [-0.4, -0.2) is 28.8 Å². The highest BCUT2D eigenvalue weighted by atomic mass is 35.5. The van der Waals surface area contributed by atoms with Crippen LogP contribution in [-0.2, 0) is 9.53 Å². The third kappa shape index (κ3) is 4.79. The molecule has 70 valence electrons. The third-order valence-electron chi connectivity index (χ3n) is 0.974. The molecule has 0 heterocycles. The fraction of sp³-hybridized carbons (Fsp3) is 0.667. The second kappa shape index (κ2) is 4.82. The van der Waals surface area contributed by atoms with Gasteiger partial charge < -0.3 is 15.2 Å². The lowest BCUT2D eigenvalue weighted by Crippen LogP contribution is -2.39. The van der Waals surface area contributed by atoms with Gasteiger partial charge in [0, 0.05) is 0 Å². The van der Waals surface area contributed by atoms with Gasteiger partial charge in [0.15, 0.2) is 5.56 Å². The van der Waals surface area contributed by atoms with Gasteiger partial charge in [0.2, 0.25) is 0 Å². The van der Waals surface area contributed by atoms with E-state index < -0.39 is 23.7 Å². The molecule has 0 radical (unpaired) electrons. The minimum absolute atomic E-state index is 0.772. The lowest BCUT2D eigenvalue weighted by molar-refractivity contribution is -0.138. The summed E-state index contributed by atoms with van der Waals surface area (Å²) in [6, 6.07) is -0.979. The van der Waals surface area contributed by atoms with Crippen LogP contribution in [0.4, 0.5) is 4.79 Å². The van der Waals surface area contributed by atoms with Gasteiger partial charge in [-0.05, 0) is 13.8 Å². The fourth-order valence-corrected chi connectivity index (χ4v) is 0.501. The Kier molecular flexibility index (Phi) is 4.43. The van der Waals surface area contributed by atoms with Crippen molar-refractivity contribution in [1.82, 2.24) is 5.32 Å². The van der Waals surface area contributed by atoms with E-state index in [-0.39, 0.29) is 0 Å². The van der Waals surface area contributed by atoms with Gasteiger partial charge in [0.25, 0.3) is 0 Å². The average Bonchev–Trinajstić information content (AvgIpc) is 1.84. The number of carboxylic acids is 1. The molecule has 1 amide bonds. The number of hydrogen-bond donors (Lipinski definition) is 2. The zero-order chi connectivity index (χ0) is 9.72. The van der Waals surface area contributed by atoms with E-state index in [0.29, 0.717) is 0 Å². The molecule has 0 aromatic rings. The number of amides is 1. The summed E-state index contributed by atoms with van der Waals surface area (Å²) in [5, 5.41) is 10.4. The van der Waals surface area contributed by atoms with E-state index in [1.54, 1.807) is 0 Å². The predicted molar refractivity (Wildman–Crippen MR) is 42.0 cm³/mol. The summed E-state index contributed by atoms with van der Waals surface area (Å²) in [4.78, 5) is 20.9. The third-order valence-corrected chi connectivity index (χ3v) is 1.06. The van der Waals surface area contributed by atoms with Gasteiger partial charge in [-0.1, -0.05) is 11.6 Å². The number of carbonyl (C=O) groups excluding carboxylic acids is 1. The zero-order valence-corrected chi connectivity index (χ0v) is 7.46. The molecule has 0 aromatic carbocycles. The molecule has 0 aliphatic heterocycles. The summed E-state index contributed by atoms with van der Waals surface area (Å²) in [6.07, 6.45) is -0.840. The standard InChI is InChI=1S/C6H10ClNO4/c1-3(5(9)10)8-6(11)12-4(2)7/h3-4H,1-2H3,(H,8,11)(H,9,10). The number of hydrogen-bond acceptors (Lipinski definition) is 3. The Morgan fingerprint density at radius 1 is 1.50 bits per heavy atom. The second-order valence-corrected chi connectivity index (χ2v) is 2.77. The lowest BCUT2D eigenvalue weighted by Gasteiger charge is -2.10. The van der Waals surface area contributed by atoms with Crippen LogP contribution >= 0.6 is 11.6 Å². The van der Waals surface area contributed by atoms with Crippen molar-refractivity contribution in [2.45, 2.75) is 25.5 Å². The maximum Gasteiger partial charge on any atom is 0.409 e. The first kappa shape index (κ1) is 11.0. The van der Waals surface area contributed by atoms with Crippen molar-refractivity contribution < 1.29 is 19.4 Å². The Bertz CT molecular complexity index is 182. The summed E-state index contributed by atoms with van der Waals surface area (Å²) >= 11 is 5.31. The van der Waals surface area contributed by atoms with Crippen LogP contribution in [0.1, 0.15) is 13.8 Å². The van der Waals surface area contributed by atoms with E-state index in [4.69, 9.17) is 16.7 Å². The summed E-state index contributed by atoms with van der Waals surface area (Å²) in [7, 11) is 0. The number of aliphatic carboxylic acids is 1. The number of carbonyl (C=O) groups is 2. The largest absolute Gasteiger partial charge is 0.480 e. The van der Waals surface area contributed by atoms with Gasteiger partial charge in [-0.3, -0.25) is 4.79 Å². The number of alkyl carbamates (subject to hydrolysis) is 1. The maximum absolute atomic E-state index is 10.7. The minimum Gasteiger partial charge on any atom is -0.480 e. The highest BCUT2D eigenvalue weighted by Crippen LogP contribution is 1.96. The molecule has 0 saturated carbocycles. The zero-order valence-electron chi connectivity index (χ0n) is 6.70. The first-order valence-corrected chi connectivity index (χ1v) is 3.71. The normalized spacial score (nSPS) is 14.6. The molecule has 0 bridgehead atoms. The van der Waals surface area contributed by atoms with Crippen molar-refractivity contribution >= 4 is 23.7 Å². The van der Waals surface area contributed by atoms with Crippen molar-refractivity contribution in [3.05, 3.63) is 0 Å². The average molecular weight is 196 g/mol. The van der Waals surface area contributed by atoms with Crippen LogP contribution in [0.2, 0.25) is 0 Å². The number of alkyl halides is 1. The molecule has 0 rings (SSSR count). The van der Waals surface area contributed by atoms with Gasteiger partial charge >= 0.3 is 12.1 Å². The van der Waals surface area contributed by atoms with Crippen LogP contribution in [0, 0.1) is 0 Å². The molecule has 0 saturated heterocycles. The van der Waals surface area contributed by atoms with Gasteiger partial charge in [0.05, 0.1) is 0 Å². The molecule has 0 spiro atoms. The highest BCUT2D eigenvalue weighted by Gasteiger charge is 2.15. The van der Waals surface area contributed by atoms with E-state index in [1.807, 2.05) is 0 Å². The lowest BCUT2D eigenvalue weighted by atomic mass is 10.4. The molecule has 2 N–H and O–H groups in total. The van der Waals surface area contributed by atoms with Crippen LogP contribution < -0.4 is 5.32 Å². The van der Waals surface area contributed by atoms with Crippen molar-refractivity contribution in [3.63, 3.8) is 0 Å². The Morgan fingerprint density at radius 3 is 2.33 bits per heavy atom. The number of rotatable bonds is 3. The topological polar surface area (TPSA) is 75.6 Å². The van der Waals surface area contributed by atoms with E-state index in [1.165, 1.54) is 13.8 Å². The molecule has 2 unspecified atom stereocenters. The Labute approximate surface area is 74.6 Å². The number of halogens is 1. The molecule has 0 aromatic heterocycles. The molecule has 5 nitrogen and oxygen atoms in total. The monoisotopic (exact) mass is 195 g/mol. The molecule has 0 fully saturated rings. The number of ether oxygens (including phenoxy) is 1. The maximum atomic E-state index is 10.7. The van der Waals surface area contributed by atoms with Crippen LogP contribution in [0.3, 0.4) is 0 Å². The van der Waals surface area contributed by atoms with E-state index in [0.717, 1.165) is 0 Å². The van der Waals surface area contributed by atoms with Crippen molar-refractivity contribution in [2.75, 3.05) is 0 Å². The highest BCUT2D eigenvalue weighted by molar-refractivity contribution is 6.19. The second-order valence-electron chi connectivity index (χ2n) is 2.15. The van der Waals surface area contributed by atoms with Crippen molar-refractivity contribution in [2.24, 2.45) is 0 Å². The van der Waals surface area contributed by atoms with Gasteiger partial charge in [-0.2, -0.15) is 0 Å². The number of carboxylic acid groups (broad SMARTS) is 1. The van der Waals surface area contributed by atoms with Crippen LogP contribution in [0.5, 0.6) is 0 Å². The first-order chi connectivity index (χ1) is 5.43. The van der Waals surface area contributed by atoms with E-state index in [9.17, 15) is 9.59 Å². The smallest absolute Gasteiger partial charge is 0.409 e. The molecule has 2 atom stereocenters. The molecule has 6 heteroatoms. The first-order valence-electron chi connectivity index (χ1n) is 3.27. The molecular formula is C6H10ClNO4. The SMILES string of the molecule is CC(Cl)OC(=O)NC(C)C(=O)O. The Morgan fingerprint density at radius 2 is 2.00 bits per heavy atom. The summed E-state index contributed by atoms with van der Waals surface area (Å²) in [6.45, 7) is 2.77. The van der Waals surface area contributed by atoms with Crippen molar-refractivity contribution in [1.29, 1.82) is 0 Å².